The first-order chi connectivity index (χ1) is 10.2. The fourth-order valence-electron chi connectivity index (χ4n) is 2.79. The van der Waals surface area contributed by atoms with Crippen LogP contribution < -0.4 is 4.74 Å². The molecule has 1 aliphatic carbocycles. The molecular formula is C19H22O2. The Hall–Kier alpha value is -1.80. The molecule has 0 heterocycles. The number of aliphatic hydroxyl groups excluding tert-OH is 1. The number of rotatable bonds is 5. The van der Waals surface area contributed by atoms with Crippen LogP contribution in [0.5, 0.6) is 5.75 Å². The summed E-state index contributed by atoms with van der Waals surface area (Å²) in [6, 6.07) is 12.3. The molecule has 21 heavy (non-hydrogen) atoms. The van der Waals surface area contributed by atoms with E-state index in [0.29, 0.717) is 0 Å². The molecule has 1 aliphatic rings. The Morgan fingerprint density at radius 1 is 1.10 bits per heavy atom. The van der Waals surface area contributed by atoms with Gasteiger partial charge in [-0.25, -0.2) is 0 Å². The van der Waals surface area contributed by atoms with Gasteiger partial charge in [0.05, 0.1) is 13.2 Å². The Bertz CT molecular complexity index is 619. The number of hydrogen-bond acceptors (Lipinski definition) is 2. The van der Waals surface area contributed by atoms with Gasteiger partial charge in [-0.1, -0.05) is 18.2 Å². The number of benzene rings is 2. The third-order valence-electron chi connectivity index (χ3n) is 4.09. The van der Waals surface area contributed by atoms with E-state index in [4.69, 9.17) is 4.74 Å². The molecular weight excluding hydrogens is 260 g/mol. The Morgan fingerprint density at radius 3 is 2.43 bits per heavy atom. The highest BCUT2D eigenvalue weighted by molar-refractivity contribution is 5.72. The molecule has 2 nitrogen and oxygen atoms in total. The van der Waals surface area contributed by atoms with E-state index >= 15 is 0 Å². The van der Waals surface area contributed by atoms with E-state index in [0.717, 1.165) is 29.4 Å². The van der Waals surface area contributed by atoms with Crippen LogP contribution in [0.1, 0.15) is 29.5 Å². The minimum atomic E-state index is 0.0779. The van der Waals surface area contributed by atoms with Crippen LogP contribution in [0, 0.1) is 19.8 Å². The molecule has 0 aromatic heterocycles. The van der Waals surface area contributed by atoms with Crippen molar-refractivity contribution in [2.24, 2.45) is 5.92 Å². The van der Waals surface area contributed by atoms with Gasteiger partial charge in [0.1, 0.15) is 5.75 Å². The van der Waals surface area contributed by atoms with Gasteiger partial charge >= 0.3 is 0 Å². The molecule has 3 rings (SSSR count). The van der Waals surface area contributed by atoms with Gasteiger partial charge in [0.25, 0.3) is 0 Å². The van der Waals surface area contributed by atoms with Gasteiger partial charge in [0, 0.05) is 0 Å². The second-order valence-corrected chi connectivity index (χ2v) is 6.04. The average Bonchev–Trinajstić information content (AvgIpc) is 3.29. The van der Waals surface area contributed by atoms with Crippen molar-refractivity contribution in [3.63, 3.8) is 0 Å². The maximum absolute atomic E-state index is 9.30. The van der Waals surface area contributed by atoms with Crippen LogP contribution in [0.3, 0.4) is 0 Å². The monoisotopic (exact) mass is 282 g/mol. The van der Waals surface area contributed by atoms with Crippen molar-refractivity contribution in [3.05, 3.63) is 53.1 Å². The molecule has 0 saturated heterocycles. The van der Waals surface area contributed by atoms with E-state index in [2.05, 4.69) is 38.1 Å². The fraction of sp³-hybridized carbons (Fsp3) is 0.368. The van der Waals surface area contributed by atoms with E-state index in [1.807, 2.05) is 12.1 Å². The molecule has 0 aliphatic heterocycles. The van der Waals surface area contributed by atoms with Crippen molar-refractivity contribution in [2.75, 3.05) is 6.61 Å². The standard InChI is InChI=1S/C19H22O2/c1-13-8-18(21-12-15-6-7-15)9-14(2)19(13)17-5-3-4-16(10-17)11-20/h3-5,8-10,15,20H,6-7,11-12H2,1-2H3. The van der Waals surface area contributed by atoms with Gasteiger partial charge in [-0.3, -0.25) is 0 Å². The molecule has 2 heteroatoms. The van der Waals surface area contributed by atoms with E-state index in [1.54, 1.807) is 0 Å². The lowest BCUT2D eigenvalue weighted by atomic mass is 9.94. The van der Waals surface area contributed by atoms with E-state index in [1.165, 1.54) is 29.5 Å². The van der Waals surface area contributed by atoms with Gasteiger partial charge in [-0.05, 0) is 78.6 Å². The Labute approximate surface area is 126 Å². The lowest BCUT2D eigenvalue weighted by molar-refractivity contribution is 0.282. The lowest BCUT2D eigenvalue weighted by Crippen LogP contribution is -2.00. The second-order valence-electron chi connectivity index (χ2n) is 6.04. The van der Waals surface area contributed by atoms with Crippen molar-refractivity contribution < 1.29 is 9.84 Å². The molecule has 0 bridgehead atoms. The van der Waals surface area contributed by atoms with Crippen molar-refractivity contribution in [1.82, 2.24) is 0 Å². The number of hydrogen-bond donors (Lipinski definition) is 1. The molecule has 0 atom stereocenters. The predicted octanol–water partition coefficient (Wildman–Crippen LogP) is 4.25. The van der Waals surface area contributed by atoms with Crippen molar-refractivity contribution in [2.45, 2.75) is 33.3 Å². The van der Waals surface area contributed by atoms with Crippen molar-refractivity contribution in [3.8, 4) is 16.9 Å². The predicted molar refractivity (Wildman–Crippen MR) is 85.5 cm³/mol. The SMILES string of the molecule is Cc1cc(OCC2CC2)cc(C)c1-c1cccc(CO)c1. The van der Waals surface area contributed by atoms with Crippen molar-refractivity contribution >= 4 is 0 Å². The number of aliphatic hydroxyl groups is 1. The zero-order valence-corrected chi connectivity index (χ0v) is 12.7. The van der Waals surface area contributed by atoms with Crippen LogP contribution in [0.4, 0.5) is 0 Å². The summed E-state index contributed by atoms with van der Waals surface area (Å²) in [5.74, 6) is 1.74. The Morgan fingerprint density at radius 2 is 1.81 bits per heavy atom. The lowest BCUT2D eigenvalue weighted by Gasteiger charge is -2.14. The van der Waals surface area contributed by atoms with Gasteiger partial charge in [0.15, 0.2) is 0 Å². The minimum Gasteiger partial charge on any atom is -0.493 e. The zero-order valence-electron chi connectivity index (χ0n) is 12.7. The summed E-state index contributed by atoms with van der Waals surface area (Å²) in [5.41, 5.74) is 5.78. The van der Waals surface area contributed by atoms with E-state index in [9.17, 15) is 5.11 Å². The molecule has 2 aromatic carbocycles. The summed E-state index contributed by atoms with van der Waals surface area (Å²) in [7, 11) is 0. The van der Waals surface area contributed by atoms with E-state index < -0.39 is 0 Å². The quantitative estimate of drug-likeness (QED) is 0.888. The third-order valence-corrected chi connectivity index (χ3v) is 4.09. The topological polar surface area (TPSA) is 29.5 Å². The molecule has 0 spiro atoms. The van der Waals surface area contributed by atoms with Gasteiger partial charge in [-0.2, -0.15) is 0 Å². The smallest absolute Gasteiger partial charge is 0.119 e. The van der Waals surface area contributed by atoms with Crippen LogP contribution >= 0.6 is 0 Å². The maximum atomic E-state index is 9.30. The average molecular weight is 282 g/mol. The maximum Gasteiger partial charge on any atom is 0.119 e. The summed E-state index contributed by atoms with van der Waals surface area (Å²) < 4.78 is 5.89. The first-order valence-corrected chi connectivity index (χ1v) is 7.61. The normalized spacial score (nSPS) is 14.2. The second kappa shape index (κ2) is 5.90. The summed E-state index contributed by atoms with van der Waals surface area (Å²) in [5, 5.41) is 9.30. The molecule has 0 unspecified atom stereocenters. The van der Waals surface area contributed by atoms with Crippen LogP contribution in [0.25, 0.3) is 11.1 Å². The van der Waals surface area contributed by atoms with E-state index in [-0.39, 0.29) is 6.61 Å². The minimum absolute atomic E-state index is 0.0779. The summed E-state index contributed by atoms with van der Waals surface area (Å²) in [4.78, 5) is 0. The molecule has 1 fully saturated rings. The van der Waals surface area contributed by atoms with Crippen molar-refractivity contribution in [1.29, 1.82) is 0 Å². The Kier molecular flexibility index (Phi) is 3.98. The molecule has 1 saturated carbocycles. The summed E-state index contributed by atoms with van der Waals surface area (Å²) in [6.45, 7) is 5.17. The first-order valence-electron chi connectivity index (χ1n) is 7.61. The van der Waals surface area contributed by atoms with Gasteiger partial charge < -0.3 is 9.84 Å². The van der Waals surface area contributed by atoms with Gasteiger partial charge in [-0.15, -0.1) is 0 Å². The zero-order chi connectivity index (χ0) is 14.8. The largest absolute Gasteiger partial charge is 0.493 e. The molecule has 0 radical (unpaired) electrons. The third kappa shape index (κ3) is 3.27. The molecule has 0 amide bonds. The highest BCUT2D eigenvalue weighted by atomic mass is 16.5. The Balaban J connectivity index is 1.90. The summed E-state index contributed by atoms with van der Waals surface area (Å²) in [6.07, 6.45) is 2.62. The van der Waals surface area contributed by atoms with Crippen LogP contribution in [-0.2, 0) is 6.61 Å². The van der Waals surface area contributed by atoms with Crippen LogP contribution in [-0.4, -0.2) is 11.7 Å². The molecule has 2 aromatic rings. The van der Waals surface area contributed by atoms with Crippen LogP contribution in [0.15, 0.2) is 36.4 Å². The summed E-state index contributed by atoms with van der Waals surface area (Å²) >= 11 is 0. The highest BCUT2D eigenvalue weighted by Gasteiger charge is 2.22. The fourth-order valence-corrected chi connectivity index (χ4v) is 2.79. The molecule has 110 valence electrons. The van der Waals surface area contributed by atoms with Gasteiger partial charge in [0.2, 0.25) is 0 Å². The number of ether oxygens (including phenoxy) is 1. The first kappa shape index (κ1) is 14.2. The number of aryl methyl sites for hydroxylation is 2. The van der Waals surface area contributed by atoms with Crippen LogP contribution in [0.2, 0.25) is 0 Å². The highest BCUT2D eigenvalue weighted by Crippen LogP contribution is 2.33. The molecule has 1 N–H and O–H groups in total.